The van der Waals surface area contributed by atoms with Crippen molar-refractivity contribution in [3.63, 3.8) is 0 Å². The van der Waals surface area contributed by atoms with Crippen LogP contribution >= 0.6 is 28.3 Å². The summed E-state index contributed by atoms with van der Waals surface area (Å²) in [6.45, 7) is 3.68. The van der Waals surface area contributed by atoms with Crippen LogP contribution in [0.5, 0.6) is 5.75 Å². The average Bonchev–Trinajstić information content (AvgIpc) is 2.59. The average molecular weight is 428 g/mol. The lowest BCUT2D eigenvalue weighted by molar-refractivity contribution is -0.125. The van der Waals surface area contributed by atoms with Crippen LogP contribution in [0.3, 0.4) is 0 Å². The number of halogens is 2. The number of nitrogens with one attached hydrogen (secondary N) is 1. The fourth-order valence-corrected chi connectivity index (χ4v) is 2.94. The maximum absolute atomic E-state index is 12.5. The van der Waals surface area contributed by atoms with Crippen LogP contribution < -0.4 is 15.8 Å². The second-order valence-corrected chi connectivity index (χ2v) is 6.75. The largest absolute Gasteiger partial charge is 0.496 e. The van der Waals surface area contributed by atoms with Gasteiger partial charge in [0.05, 0.1) is 17.6 Å². The summed E-state index contributed by atoms with van der Waals surface area (Å²) in [5.41, 5.74) is 7.85. The van der Waals surface area contributed by atoms with E-state index in [0.29, 0.717) is 0 Å². The molecule has 6 heteroatoms. The topological polar surface area (TPSA) is 64.3 Å². The fourth-order valence-electron chi connectivity index (χ4n) is 2.38. The summed E-state index contributed by atoms with van der Waals surface area (Å²) in [5.74, 6) is 0.421. The molecule has 2 aromatic carbocycles. The number of carbonyl (C=O) groups is 1. The number of rotatable bonds is 6. The van der Waals surface area contributed by atoms with Gasteiger partial charge in [0.1, 0.15) is 5.75 Å². The van der Waals surface area contributed by atoms with Crippen molar-refractivity contribution < 1.29 is 9.53 Å². The summed E-state index contributed by atoms with van der Waals surface area (Å²) >= 11 is 3.51. The molecule has 0 radical (unpaired) electrons. The predicted molar refractivity (Wildman–Crippen MR) is 107 cm³/mol. The minimum absolute atomic E-state index is 0. The highest BCUT2D eigenvalue weighted by atomic mass is 79.9. The smallest absolute Gasteiger partial charge is 0.225 e. The van der Waals surface area contributed by atoms with Crippen molar-refractivity contribution in [2.45, 2.75) is 25.9 Å². The normalized spacial score (nSPS) is 14.0. The van der Waals surface area contributed by atoms with Gasteiger partial charge < -0.3 is 15.8 Å². The molecule has 0 fully saturated rings. The minimum atomic E-state index is -0.266. The number of benzene rings is 2. The number of hydrogen-bond donors (Lipinski definition) is 2. The first kappa shape index (κ1) is 21.5. The first-order chi connectivity index (χ1) is 11.4. The molecule has 0 bridgehead atoms. The number of methoxy groups -OCH3 is 1. The van der Waals surface area contributed by atoms with E-state index >= 15 is 0 Å². The molecule has 3 N–H and O–H groups in total. The summed E-state index contributed by atoms with van der Waals surface area (Å²) in [6, 6.07) is 15.2. The summed E-state index contributed by atoms with van der Waals surface area (Å²) < 4.78 is 6.13. The number of nitrogens with two attached hydrogens (primary N) is 1. The van der Waals surface area contributed by atoms with Gasteiger partial charge in [0.25, 0.3) is 0 Å². The molecular formula is C19H24BrClN2O2. The van der Waals surface area contributed by atoms with Crippen molar-refractivity contribution in [3.8, 4) is 5.75 Å². The first-order valence-corrected chi connectivity index (χ1v) is 8.67. The predicted octanol–water partition coefficient (Wildman–Crippen LogP) is 4.07. The van der Waals surface area contributed by atoms with Gasteiger partial charge in [-0.3, -0.25) is 4.79 Å². The molecule has 4 nitrogen and oxygen atoms in total. The van der Waals surface area contributed by atoms with Crippen LogP contribution in [0.4, 0.5) is 0 Å². The third kappa shape index (κ3) is 5.46. The standard InChI is InChI=1S/C19H23BrN2O2.ClH/c1-12(13(2)21)19(23)22-18(14-7-5-4-6-8-14)15-9-10-17(24-3)16(20)11-15;/h4-13,18H,21H2,1-3H3,(H,22,23);1H. The lowest BCUT2D eigenvalue weighted by Gasteiger charge is -2.24. The molecule has 25 heavy (non-hydrogen) atoms. The van der Waals surface area contributed by atoms with E-state index in [0.717, 1.165) is 21.3 Å². The molecule has 0 saturated carbocycles. The Morgan fingerprint density at radius 1 is 1.12 bits per heavy atom. The van der Waals surface area contributed by atoms with Crippen LogP contribution in [0, 0.1) is 5.92 Å². The van der Waals surface area contributed by atoms with Crippen LogP contribution in [0.2, 0.25) is 0 Å². The summed E-state index contributed by atoms with van der Waals surface area (Å²) in [5, 5.41) is 3.11. The van der Waals surface area contributed by atoms with E-state index in [2.05, 4.69) is 21.2 Å². The SMILES string of the molecule is COc1ccc(C(NC(=O)C(C)C(C)N)c2ccccc2)cc1Br.Cl. The van der Waals surface area contributed by atoms with Gasteiger partial charge in [-0.15, -0.1) is 12.4 Å². The molecule has 0 saturated heterocycles. The molecule has 3 unspecified atom stereocenters. The summed E-state index contributed by atoms with van der Waals surface area (Å²) in [6.07, 6.45) is 0. The molecule has 3 atom stereocenters. The number of hydrogen-bond acceptors (Lipinski definition) is 3. The van der Waals surface area contributed by atoms with Gasteiger partial charge in [-0.1, -0.05) is 43.3 Å². The molecular weight excluding hydrogens is 404 g/mol. The second kappa shape index (κ2) is 9.80. The van der Waals surface area contributed by atoms with Gasteiger partial charge in [-0.2, -0.15) is 0 Å². The van der Waals surface area contributed by atoms with Gasteiger partial charge in [-0.05, 0) is 46.1 Å². The van der Waals surface area contributed by atoms with Crippen LogP contribution in [-0.2, 0) is 4.79 Å². The van der Waals surface area contributed by atoms with Gasteiger partial charge in [0, 0.05) is 12.0 Å². The van der Waals surface area contributed by atoms with Crippen molar-refractivity contribution in [2.24, 2.45) is 11.7 Å². The van der Waals surface area contributed by atoms with E-state index in [1.54, 1.807) is 7.11 Å². The van der Waals surface area contributed by atoms with E-state index in [1.807, 2.05) is 62.4 Å². The van der Waals surface area contributed by atoms with Crippen molar-refractivity contribution in [1.82, 2.24) is 5.32 Å². The molecule has 0 aliphatic heterocycles. The first-order valence-electron chi connectivity index (χ1n) is 7.88. The van der Waals surface area contributed by atoms with Gasteiger partial charge >= 0.3 is 0 Å². The van der Waals surface area contributed by atoms with E-state index in [4.69, 9.17) is 10.5 Å². The maximum atomic E-state index is 12.5. The fraction of sp³-hybridized carbons (Fsp3) is 0.316. The Hall–Kier alpha value is -1.56. The Kier molecular flexibility index (Phi) is 8.42. The van der Waals surface area contributed by atoms with Crippen molar-refractivity contribution >= 4 is 34.2 Å². The van der Waals surface area contributed by atoms with Crippen molar-refractivity contribution in [2.75, 3.05) is 7.11 Å². The second-order valence-electron chi connectivity index (χ2n) is 5.89. The highest BCUT2D eigenvalue weighted by molar-refractivity contribution is 9.10. The van der Waals surface area contributed by atoms with E-state index < -0.39 is 0 Å². The zero-order valence-electron chi connectivity index (χ0n) is 14.5. The monoisotopic (exact) mass is 426 g/mol. The maximum Gasteiger partial charge on any atom is 0.225 e. The lowest BCUT2D eigenvalue weighted by atomic mass is 9.96. The Balaban J connectivity index is 0.00000312. The third-order valence-corrected chi connectivity index (χ3v) is 4.75. The van der Waals surface area contributed by atoms with E-state index in [1.165, 1.54) is 0 Å². The number of carbonyl (C=O) groups excluding carboxylic acids is 1. The van der Waals surface area contributed by atoms with E-state index in [-0.39, 0.29) is 36.3 Å². The molecule has 0 aromatic heterocycles. The Morgan fingerprint density at radius 3 is 2.28 bits per heavy atom. The highest BCUT2D eigenvalue weighted by Crippen LogP contribution is 2.31. The third-order valence-electron chi connectivity index (χ3n) is 4.13. The van der Waals surface area contributed by atoms with Crippen molar-refractivity contribution in [3.05, 3.63) is 64.1 Å². The van der Waals surface area contributed by atoms with Gasteiger partial charge in [-0.25, -0.2) is 0 Å². The number of amides is 1. The van der Waals surface area contributed by atoms with E-state index in [9.17, 15) is 4.79 Å². The summed E-state index contributed by atoms with van der Waals surface area (Å²) in [7, 11) is 1.63. The quantitative estimate of drug-likeness (QED) is 0.730. The van der Waals surface area contributed by atoms with Crippen LogP contribution in [0.15, 0.2) is 53.0 Å². The molecule has 136 valence electrons. The number of ether oxygens (including phenoxy) is 1. The van der Waals surface area contributed by atoms with Crippen LogP contribution in [0.1, 0.15) is 31.0 Å². The minimum Gasteiger partial charge on any atom is -0.496 e. The van der Waals surface area contributed by atoms with Gasteiger partial charge in [0.2, 0.25) is 5.91 Å². The van der Waals surface area contributed by atoms with Gasteiger partial charge in [0.15, 0.2) is 0 Å². The highest BCUT2D eigenvalue weighted by Gasteiger charge is 2.23. The van der Waals surface area contributed by atoms with Crippen molar-refractivity contribution in [1.29, 1.82) is 0 Å². The Labute approximate surface area is 163 Å². The molecule has 2 rings (SSSR count). The lowest BCUT2D eigenvalue weighted by Crippen LogP contribution is -2.40. The summed E-state index contributed by atoms with van der Waals surface area (Å²) in [4.78, 5) is 12.5. The Morgan fingerprint density at radius 2 is 1.76 bits per heavy atom. The molecule has 0 heterocycles. The molecule has 2 aromatic rings. The molecule has 1 amide bonds. The molecule has 0 spiro atoms. The van der Waals surface area contributed by atoms with Crippen LogP contribution in [0.25, 0.3) is 0 Å². The molecule has 0 aliphatic rings. The molecule has 0 aliphatic carbocycles. The zero-order chi connectivity index (χ0) is 17.7. The van der Waals surface area contributed by atoms with Crippen LogP contribution in [-0.4, -0.2) is 19.1 Å². The Bertz CT molecular complexity index is 695. The zero-order valence-corrected chi connectivity index (χ0v) is 16.9.